The number of ether oxygens (including phenoxy) is 1. The van der Waals surface area contributed by atoms with E-state index in [1.807, 2.05) is 24.3 Å². The molecule has 1 N–H and O–H groups in total. The molecule has 1 unspecified atom stereocenters. The minimum atomic E-state index is -0.329. The van der Waals surface area contributed by atoms with Crippen LogP contribution in [0.2, 0.25) is 0 Å². The van der Waals surface area contributed by atoms with Gasteiger partial charge in [-0.15, -0.1) is 0 Å². The van der Waals surface area contributed by atoms with Gasteiger partial charge in [-0.1, -0.05) is 19.1 Å². The van der Waals surface area contributed by atoms with Crippen molar-refractivity contribution in [2.24, 2.45) is 0 Å². The van der Waals surface area contributed by atoms with Gasteiger partial charge in [-0.3, -0.25) is 4.79 Å². The maximum absolute atomic E-state index is 12.0. The number of amides is 1. The summed E-state index contributed by atoms with van der Waals surface area (Å²) in [6.45, 7) is 3.06. The Hall–Kier alpha value is -1.55. The number of rotatable bonds is 5. The summed E-state index contributed by atoms with van der Waals surface area (Å²) in [5.74, 6) is 1.19. The Labute approximate surface area is 114 Å². The second kappa shape index (κ2) is 6.06. The normalized spacial score (nSPS) is 16.9. The summed E-state index contributed by atoms with van der Waals surface area (Å²) in [5, 5.41) is 9.23. The van der Waals surface area contributed by atoms with Crippen LogP contribution in [0, 0.1) is 0 Å². The van der Waals surface area contributed by atoms with Crippen molar-refractivity contribution in [3.05, 3.63) is 29.8 Å². The maximum Gasteiger partial charge on any atom is 0.223 e. The minimum absolute atomic E-state index is 0.132. The van der Waals surface area contributed by atoms with Crippen LogP contribution in [0.15, 0.2) is 24.3 Å². The second-order valence-electron chi connectivity index (χ2n) is 5.04. The number of nitrogens with zero attached hydrogens (tertiary/aromatic N) is 1. The molecule has 1 amide bonds. The first-order chi connectivity index (χ1) is 9.13. The zero-order valence-electron chi connectivity index (χ0n) is 11.5. The lowest BCUT2D eigenvalue weighted by Crippen LogP contribution is -2.53. The molecule has 0 spiro atoms. The maximum atomic E-state index is 12.0. The third-order valence-corrected chi connectivity index (χ3v) is 3.72. The molecule has 1 saturated heterocycles. The Balaban J connectivity index is 1.96. The highest BCUT2D eigenvalue weighted by atomic mass is 16.5. The van der Waals surface area contributed by atoms with Gasteiger partial charge in [0.1, 0.15) is 5.75 Å². The minimum Gasteiger partial charge on any atom is -0.497 e. The molecule has 0 aliphatic carbocycles. The fourth-order valence-corrected chi connectivity index (χ4v) is 2.37. The molecule has 0 saturated carbocycles. The third kappa shape index (κ3) is 3.26. The van der Waals surface area contributed by atoms with E-state index < -0.39 is 0 Å². The summed E-state index contributed by atoms with van der Waals surface area (Å²) < 4.78 is 5.14. The van der Waals surface area contributed by atoms with Gasteiger partial charge in [0, 0.05) is 19.5 Å². The van der Waals surface area contributed by atoms with Gasteiger partial charge in [0.25, 0.3) is 0 Å². The molecule has 4 heteroatoms. The Morgan fingerprint density at radius 1 is 1.42 bits per heavy atom. The number of hydrogen-bond donors (Lipinski definition) is 1. The smallest absolute Gasteiger partial charge is 0.223 e. The van der Waals surface area contributed by atoms with E-state index in [2.05, 4.69) is 6.92 Å². The summed E-state index contributed by atoms with van der Waals surface area (Å²) in [4.78, 5) is 13.7. The summed E-state index contributed by atoms with van der Waals surface area (Å²) in [6.07, 6.45) is 1.11. The number of hydrogen-bond acceptors (Lipinski definition) is 3. The van der Waals surface area contributed by atoms with Crippen LogP contribution in [0.4, 0.5) is 0 Å². The highest BCUT2D eigenvalue weighted by Gasteiger charge is 2.29. The standard InChI is InChI=1S/C15H21NO3/c1-3-11(8-15(18)16-9-13(17)10-16)12-4-6-14(19-2)7-5-12/h4-7,11,13,17H,3,8-10H2,1-2H3. The Bertz CT molecular complexity index is 424. The van der Waals surface area contributed by atoms with Crippen LogP contribution in [-0.4, -0.2) is 42.2 Å². The van der Waals surface area contributed by atoms with Crippen LogP contribution in [-0.2, 0) is 4.79 Å². The quantitative estimate of drug-likeness (QED) is 0.881. The number of methoxy groups -OCH3 is 1. The van der Waals surface area contributed by atoms with Gasteiger partial charge >= 0.3 is 0 Å². The fourth-order valence-electron chi connectivity index (χ4n) is 2.37. The van der Waals surface area contributed by atoms with Gasteiger partial charge < -0.3 is 14.7 Å². The van der Waals surface area contributed by atoms with Crippen molar-refractivity contribution in [1.82, 2.24) is 4.90 Å². The number of benzene rings is 1. The number of carbonyl (C=O) groups is 1. The first kappa shape index (κ1) is 13.9. The average molecular weight is 263 g/mol. The molecular formula is C15H21NO3. The lowest BCUT2D eigenvalue weighted by molar-refractivity contribution is -0.141. The number of aliphatic hydroxyl groups is 1. The largest absolute Gasteiger partial charge is 0.497 e. The van der Waals surface area contributed by atoms with Crippen molar-refractivity contribution in [1.29, 1.82) is 0 Å². The van der Waals surface area contributed by atoms with Crippen LogP contribution in [0.3, 0.4) is 0 Å². The van der Waals surface area contributed by atoms with Crippen molar-refractivity contribution in [3.8, 4) is 5.75 Å². The molecule has 1 aliphatic rings. The summed E-state index contributed by atoms with van der Waals surface area (Å²) in [7, 11) is 1.64. The van der Waals surface area contributed by atoms with E-state index in [0.29, 0.717) is 19.5 Å². The average Bonchev–Trinajstić information content (AvgIpc) is 2.41. The Morgan fingerprint density at radius 2 is 2.05 bits per heavy atom. The lowest BCUT2D eigenvalue weighted by Gasteiger charge is -2.36. The molecule has 1 aliphatic heterocycles. The molecule has 1 atom stereocenters. The topological polar surface area (TPSA) is 49.8 Å². The third-order valence-electron chi connectivity index (χ3n) is 3.72. The van der Waals surface area contributed by atoms with Gasteiger partial charge in [-0.2, -0.15) is 0 Å². The second-order valence-corrected chi connectivity index (χ2v) is 5.04. The zero-order chi connectivity index (χ0) is 13.8. The van der Waals surface area contributed by atoms with E-state index in [9.17, 15) is 9.90 Å². The molecule has 0 aromatic heterocycles. The van der Waals surface area contributed by atoms with Gasteiger partial charge in [-0.05, 0) is 30.0 Å². The van der Waals surface area contributed by atoms with Crippen LogP contribution < -0.4 is 4.74 Å². The van der Waals surface area contributed by atoms with Crippen molar-refractivity contribution in [2.45, 2.75) is 31.8 Å². The van der Waals surface area contributed by atoms with Crippen LogP contribution >= 0.6 is 0 Å². The molecule has 1 fully saturated rings. The zero-order valence-corrected chi connectivity index (χ0v) is 11.5. The van der Waals surface area contributed by atoms with E-state index in [-0.39, 0.29) is 17.9 Å². The van der Waals surface area contributed by atoms with Gasteiger partial charge in [0.05, 0.1) is 13.2 Å². The Kier molecular flexibility index (Phi) is 4.43. The van der Waals surface area contributed by atoms with Gasteiger partial charge in [-0.25, -0.2) is 0 Å². The summed E-state index contributed by atoms with van der Waals surface area (Å²) in [5.41, 5.74) is 1.16. The lowest BCUT2D eigenvalue weighted by atomic mass is 9.92. The van der Waals surface area contributed by atoms with E-state index in [4.69, 9.17) is 4.74 Å². The first-order valence-corrected chi connectivity index (χ1v) is 6.73. The number of β-amino-alcohol motifs (C(OH)–C–C–N with tert-alkyl or cyclic N) is 1. The highest BCUT2D eigenvalue weighted by Crippen LogP contribution is 2.26. The van der Waals surface area contributed by atoms with E-state index in [1.54, 1.807) is 12.0 Å². The van der Waals surface area contributed by atoms with Crippen molar-refractivity contribution in [3.63, 3.8) is 0 Å². The fraction of sp³-hybridized carbons (Fsp3) is 0.533. The predicted octanol–water partition coefficient (Wildman–Crippen LogP) is 1.78. The predicted molar refractivity (Wildman–Crippen MR) is 73.2 cm³/mol. The Morgan fingerprint density at radius 3 is 2.53 bits per heavy atom. The molecule has 1 heterocycles. The highest BCUT2D eigenvalue weighted by molar-refractivity contribution is 5.78. The van der Waals surface area contributed by atoms with E-state index in [0.717, 1.165) is 17.7 Å². The molecule has 1 aromatic carbocycles. The SMILES string of the molecule is CCC(CC(=O)N1CC(O)C1)c1ccc(OC)cc1. The number of carbonyl (C=O) groups excluding carboxylic acids is 1. The van der Waals surface area contributed by atoms with Crippen molar-refractivity contribution in [2.75, 3.05) is 20.2 Å². The molecule has 0 radical (unpaired) electrons. The van der Waals surface area contributed by atoms with Crippen molar-refractivity contribution < 1.29 is 14.6 Å². The van der Waals surface area contributed by atoms with E-state index >= 15 is 0 Å². The molecule has 19 heavy (non-hydrogen) atoms. The molecule has 4 nitrogen and oxygen atoms in total. The molecule has 1 aromatic rings. The van der Waals surface area contributed by atoms with Gasteiger partial charge in [0.15, 0.2) is 0 Å². The monoisotopic (exact) mass is 263 g/mol. The molecule has 0 bridgehead atoms. The summed E-state index contributed by atoms with van der Waals surface area (Å²) in [6, 6.07) is 7.89. The summed E-state index contributed by atoms with van der Waals surface area (Å²) >= 11 is 0. The number of aliphatic hydroxyl groups excluding tert-OH is 1. The van der Waals surface area contributed by atoms with Crippen LogP contribution in [0.1, 0.15) is 31.2 Å². The molecule has 104 valence electrons. The van der Waals surface area contributed by atoms with Crippen LogP contribution in [0.5, 0.6) is 5.75 Å². The molecular weight excluding hydrogens is 242 g/mol. The van der Waals surface area contributed by atoms with E-state index in [1.165, 1.54) is 0 Å². The molecule has 2 rings (SSSR count). The first-order valence-electron chi connectivity index (χ1n) is 6.73. The van der Waals surface area contributed by atoms with Gasteiger partial charge in [0.2, 0.25) is 5.91 Å². The van der Waals surface area contributed by atoms with Crippen LogP contribution in [0.25, 0.3) is 0 Å². The number of likely N-dealkylation sites (tertiary alicyclic amines) is 1. The van der Waals surface area contributed by atoms with Crippen molar-refractivity contribution >= 4 is 5.91 Å².